The summed E-state index contributed by atoms with van der Waals surface area (Å²) in [6.07, 6.45) is 0. The van der Waals surface area contributed by atoms with Crippen LogP contribution in [-0.4, -0.2) is 11.7 Å². The second kappa shape index (κ2) is 10.1. The molecule has 0 saturated heterocycles. The lowest BCUT2D eigenvalue weighted by molar-refractivity contribution is 0.415. The predicted molar refractivity (Wildman–Crippen MR) is 167 cm³/mol. The third-order valence-electron chi connectivity index (χ3n) is 7.51. The lowest BCUT2D eigenvalue weighted by Crippen LogP contribution is -2.09. The molecule has 0 radical (unpaired) electrons. The van der Waals surface area contributed by atoms with E-state index in [1.54, 1.807) is 7.11 Å². The van der Waals surface area contributed by atoms with Gasteiger partial charge in [0.2, 0.25) is 0 Å². The van der Waals surface area contributed by atoms with E-state index in [1.165, 1.54) is 32.9 Å². The molecule has 1 aromatic heterocycles. The molecule has 3 nitrogen and oxygen atoms in total. The summed E-state index contributed by atoms with van der Waals surface area (Å²) in [7, 11) is 1.69. The van der Waals surface area contributed by atoms with Crippen LogP contribution in [0.15, 0.2) is 152 Å². The number of methoxy groups -OCH3 is 1. The summed E-state index contributed by atoms with van der Waals surface area (Å²) >= 11 is 0. The Morgan fingerprint density at radius 3 is 1.45 bits per heavy atom. The van der Waals surface area contributed by atoms with Crippen LogP contribution in [0.3, 0.4) is 0 Å². The standard InChI is InChI=1S/C37H28N2O/c1-40-33-25-23-31(24-26-33)38(29-9-3-2-4-10-29)30-19-15-27(16-20-30)28-17-21-32(22-18-28)39-36-13-7-5-11-34(36)35-12-6-8-14-37(35)39/h2-26H,1H3. The Kier molecular flexibility index (Phi) is 6.02. The first kappa shape index (κ1) is 23.8. The van der Waals surface area contributed by atoms with Gasteiger partial charge in [0, 0.05) is 33.5 Å². The average molecular weight is 517 g/mol. The van der Waals surface area contributed by atoms with E-state index in [2.05, 4.69) is 143 Å². The van der Waals surface area contributed by atoms with Crippen LogP contribution in [0.4, 0.5) is 17.1 Å². The molecule has 0 saturated carbocycles. The van der Waals surface area contributed by atoms with E-state index >= 15 is 0 Å². The molecule has 0 fully saturated rings. The highest BCUT2D eigenvalue weighted by Crippen LogP contribution is 2.37. The molecule has 3 heteroatoms. The number of ether oxygens (including phenoxy) is 1. The van der Waals surface area contributed by atoms with Crippen LogP contribution in [0, 0.1) is 0 Å². The summed E-state index contributed by atoms with van der Waals surface area (Å²) in [6.45, 7) is 0. The fraction of sp³-hybridized carbons (Fsp3) is 0.0270. The van der Waals surface area contributed by atoms with E-state index in [1.807, 2.05) is 18.2 Å². The number of fused-ring (bicyclic) bond motifs is 3. The summed E-state index contributed by atoms with van der Waals surface area (Å²) in [5.41, 5.74) is 9.26. The minimum atomic E-state index is 0.844. The molecule has 1 heterocycles. The normalized spacial score (nSPS) is 11.1. The van der Waals surface area contributed by atoms with Gasteiger partial charge in [0.25, 0.3) is 0 Å². The average Bonchev–Trinajstić information content (AvgIpc) is 3.37. The van der Waals surface area contributed by atoms with Gasteiger partial charge in [0.15, 0.2) is 0 Å². The number of anilines is 3. The molecule has 0 aliphatic carbocycles. The lowest BCUT2D eigenvalue weighted by Gasteiger charge is -2.25. The van der Waals surface area contributed by atoms with E-state index in [4.69, 9.17) is 4.74 Å². The molecular formula is C37H28N2O. The summed E-state index contributed by atoms with van der Waals surface area (Å²) in [5.74, 6) is 0.844. The molecule has 0 bridgehead atoms. The van der Waals surface area contributed by atoms with Crippen LogP contribution in [-0.2, 0) is 0 Å². The summed E-state index contributed by atoms with van der Waals surface area (Å²) in [4.78, 5) is 2.26. The summed E-state index contributed by atoms with van der Waals surface area (Å²) < 4.78 is 7.73. The van der Waals surface area contributed by atoms with E-state index in [9.17, 15) is 0 Å². The topological polar surface area (TPSA) is 17.4 Å². The van der Waals surface area contributed by atoms with E-state index < -0.39 is 0 Å². The largest absolute Gasteiger partial charge is 0.497 e. The van der Waals surface area contributed by atoms with E-state index in [0.29, 0.717) is 0 Å². The van der Waals surface area contributed by atoms with Gasteiger partial charge in [-0.05, 0) is 83.9 Å². The van der Waals surface area contributed by atoms with Crippen LogP contribution in [0.25, 0.3) is 38.6 Å². The molecule has 40 heavy (non-hydrogen) atoms. The molecular weight excluding hydrogens is 488 g/mol. The number of rotatable bonds is 6. The molecule has 6 aromatic carbocycles. The Morgan fingerprint density at radius 1 is 0.450 bits per heavy atom. The van der Waals surface area contributed by atoms with Gasteiger partial charge in [-0.2, -0.15) is 0 Å². The quantitative estimate of drug-likeness (QED) is 0.219. The Hall–Kier alpha value is -5.28. The van der Waals surface area contributed by atoms with Gasteiger partial charge in [-0.3, -0.25) is 0 Å². The zero-order valence-electron chi connectivity index (χ0n) is 22.2. The van der Waals surface area contributed by atoms with Crippen molar-refractivity contribution in [2.75, 3.05) is 12.0 Å². The molecule has 192 valence electrons. The van der Waals surface area contributed by atoms with Crippen molar-refractivity contribution in [1.29, 1.82) is 0 Å². The molecule has 0 amide bonds. The molecule has 7 aromatic rings. The second-order valence-corrected chi connectivity index (χ2v) is 9.83. The van der Waals surface area contributed by atoms with Crippen molar-refractivity contribution in [3.8, 4) is 22.6 Å². The number of para-hydroxylation sites is 3. The van der Waals surface area contributed by atoms with Gasteiger partial charge in [-0.1, -0.05) is 78.9 Å². The Labute approximate surface area is 234 Å². The van der Waals surface area contributed by atoms with Crippen LogP contribution in [0.2, 0.25) is 0 Å². The molecule has 0 aliphatic heterocycles. The van der Waals surface area contributed by atoms with Crippen molar-refractivity contribution in [3.05, 3.63) is 152 Å². The van der Waals surface area contributed by atoms with Gasteiger partial charge in [0.1, 0.15) is 5.75 Å². The van der Waals surface area contributed by atoms with Crippen molar-refractivity contribution in [2.45, 2.75) is 0 Å². The first-order valence-corrected chi connectivity index (χ1v) is 13.5. The fourth-order valence-corrected chi connectivity index (χ4v) is 5.56. The Balaban J connectivity index is 1.23. The number of aromatic nitrogens is 1. The number of hydrogen-bond acceptors (Lipinski definition) is 2. The van der Waals surface area contributed by atoms with Crippen LogP contribution >= 0.6 is 0 Å². The van der Waals surface area contributed by atoms with Gasteiger partial charge in [-0.15, -0.1) is 0 Å². The Morgan fingerprint density at radius 2 is 0.900 bits per heavy atom. The van der Waals surface area contributed by atoms with E-state index in [0.717, 1.165) is 28.5 Å². The first-order valence-electron chi connectivity index (χ1n) is 13.5. The molecule has 0 unspecified atom stereocenters. The highest BCUT2D eigenvalue weighted by Gasteiger charge is 2.14. The van der Waals surface area contributed by atoms with E-state index in [-0.39, 0.29) is 0 Å². The number of benzene rings is 6. The molecule has 0 N–H and O–H groups in total. The van der Waals surface area contributed by atoms with Crippen molar-refractivity contribution >= 4 is 38.9 Å². The first-order chi connectivity index (χ1) is 19.8. The SMILES string of the molecule is COc1ccc(N(c2ccccc2)c2ccc(-c3ccc(-n4c5ccccc5c5ccccc54)cc3)cc2)cc1. The van der Waals surface area contributed by atoms with Gasteiger partial charge in [-0.25, -0.2) is 0 Å². The highest BCUT2D eigenvalue weighted by molar-refractivity contribution is 6.09. The van der Waals surface area contributed by atoms with Crippen LogP contribution in [0.1, 0.15) is 0 Å². The van der Waals surface area contributed by atoms with Gasteiger partial charge in [0.05, 0.1) is 18.1 Å². The van der Waals surface area contributed by atoms with Crippen molar-refractivity contribution < 1.29 is 4.74 Å². The number of nitrogens with zero attached hydrogens (tertiary/aromatic N) is 2. The van der Waals surface area contributed by atoms with Crippen LogP contribution in [0.5, 0.6) is 5.75 Å². The monoisotopic (exact) mass is 516 g/mol. The summed E-state index contributed by atoms with van der Waals surface area (Å²) in [6, 6.07) is 53.5. The van der Waals surface area contributed by atoms with Crippen LogP contribution < -0.4 is 9.64 Å². The van der Waals surface area contributed by atoms with Gasteiger partial charge < -0.3 is 14.2 Å². The maximum absolute atomic E-state index is 5.38. The molecule has 0 spiro atoms. The molecule has 0 atom stereocenters. The second-order valence-electron chi connectivity index (χ2n) is 9.83. The molecule has 7 rings (SSSR count). The van der Waals surface area contributed by atoms with Crippen molar-refractivity contribution in [2.24, 2.45) is 0 Å². The minimum absolute atomic E-state index is 0.844. The third-order valence-corrected chi connectivity index (χ3v) is 7.51. The minimum Gasteiger partial charge on any atom is -0.497 e. The third kappa shape index (κ3) is 4.18. The van der Waals surface area contributed by atoms with Crippen molar-refractivity contribution in [1.82, 2.24) is 4.57 Å². The zero-order valence-corrected chi connectivity index (χ0v) is 22.2. The number of hydrogen-bond donors (Lipinski definition) is 0. The Bertz CT molecular complexity index is 1850. The lowest BCUT2D eigenvalue weighted by atomic mass is 10.0. The smallest absolute Gasteiger partial charge is 0.119 e. The fourth-order valence-electron chi connectivity index (χ4n) is 5.56. The highest BCUT2D eigenvalue weighted by atomic mass is 16.5. The zero-order chi connectivity index (χ0) is 26.9. The van der Waals surface area contributed by atoms with Gasteiger partial charge >= 0.3 is 0 Å². The summed E-state index contributed by atoms with van der Waals surface area (Å²) in [5, 5.41) is 2.55. The van der Waals surface area contributed by atoms with Crippen molar-refractivity contribution in [3.63, 3.8) is 0 Å². The maximum Gasteiger partial charge on any atom is 0.119 e. The predicted octanol–water partition coefficient (Wildman–Crippen LogP) is 9.93. The molecule has 0 aliphatic rings. The maximum atomic E-state index is 5.38.